The molecule has 1 aliphatic rings. The summed E-state index contributed by atoms with van der Waals surface area (Å²) < 4.78 is 17.4. The van der Waals surface area contributed by atoms with Gasteiger partial charge in [-0.2, -0.15) is 0 Å². The predicted molar refractivity (Wildman–Crippen MR) is 70.1 cm³/mol. The van der Waals surface area contributed by atoms with Crippen molar-refractivity contribution in [3.05, 3.63) is 35.6 Å². The molecule has 0 saturated heterocycles. The van der Waals surface area contributed by atoms with Crippen LogP contribution in [0.3, 0.4) is 0 Å². The number of primary amides is 1. The SMILES string of the molecule is COC(=O)C1CC1C(=O)NC(C(N)=O)c1ccc(F)cc1. The highest BCUT2D eigenvalue weighted by molar-refractivity contribution is 5.93. The zero-order chi connectivity index (χ0) is 15.6. The van der Waals surface area contributed by atoms with E-state index in [1.54, 1.807) is 0 Å². The summed E-state index contributed by atoms with van der Waals surface area (Å²) in [6.45, 7) is 0. The van der Waals surface area contributed by atoms with Gasteiger partial charge in [0.1, 0.15) is 11.9 Å². The smallest absolute Gasteiger partial charge is 0.309 e. The second-order valence-corrected chi connectivity index (χ2v) is 4.87. The Hall–Kier alpha value is -2.44. The minimum atomic E-state index is -1.06. The number of benzene rings is 1. The summed E-state index contributed by atoms with van der Waals surface area (Å²) in [7, 11) is 1.25. The molecule has 0 spiro atoms. The van der Waals surface area contributed by atoms with Crippen LogP contribution < -0.4 is 11.1 Å². The van der Waals surface area contributed by atoms with Gasteiger partial charge >= 0.3 is 5.97 Å². The zero-order valence-corrected chi connectivity index (χ0v) is 11.3. The normalized spacial score (nSPS) is 21.2. The first kappa shape index (κ1) is 15.0. The van der Waals surface area contributed by atoms with Crippen LogP contribution in [0.25, 0.3) is 0 Å². The van der Waals surface area contributed by atoms with Gasteiger partial charge in [-0.15, -0.1) is 0 Å². The largest absolute Gasteiger partial charge is 0.469 e. The van der Waals surface area contributed by atoms with Gasteiger partial charge in [0.25, 0.3) is 0 Å². The molecule has 1 fully saturated rings. The van der Waals surface area contributed by atoms with Crippen molar-refractivity contribution in [3.8, 4) is 0 Å². The number of carbonyl (C=O) groups is 3. The molecule has 2 amide bonds. The van der Waals surface area contributed by atoms with E-state index in [4.69, 9.17) is 5.73 Å². The Kier molecular flexibility index (Phi) is 4.21. The third-order valence-electron chi connectivity index (χ3n) is 3.41. The molecule has 0 radical (unpaired) electrons. The van der Waals surface area contributed by atoms with Crippen LogP contribution in [-0.2, 0) is 19.1 Å². The summed E-state index contributed by atoms with van der Waals surface area (Å²) in [5, 5.41) is 2.48. The van der Waals surface area contributed by atoms with Gasteiger partial charge in [0.2, 0.25) is 11.8 Å². The van der Waals surface area contributed by atoms with Crippen LogP contribution in [0.4, 0.5) is 4.39 Å². The van der Waals surface area contributed by atoms with E-state index in [2.05, 4.69) is 10.1 Å². The average molecular weight is 294 g/mol. The van der Waals surface area contributed by atoms with Crippen molar-refractivity contribution in [1.82, 2.24) is 5.32 Å². The Labute approximate surface area is 120 Å². The zero-order valence-electron chi connectivity index (χ0n) is 11.3. The lowest BCUT2D eigenvalue weighted by atomic mass is 10.1. The minimum absolute atomic E-state index is 0.382. The van der Waals surface area contributed by atoms with Gasteiger partial charge in [-0.1, -0.05) is 12.1 Å². The molecule has 3 atom stereocenters. The Bertz CT molecular complexity index is 573. The number of amides is 2. The topological polar surface area (TPSA) is 98.5 Å². The van der Waals surface area contributed by atoms with Crippen LogP contribution in [0, 0.1) is 17.7 Å². The van der Waals surface area contributed by atoms with Crippen molar-refractivity contribution in [3.63, 3.8) is 0 Å². The van der Waals surface area contributed by atoms with Crippen molar-refractivity contribution < 1.29 is 23.5 Å². The van der Waals surface area contributed by atoms with Crippen molar-refractivity contribution >= 4 is 17.8 Å². The monoisotopic (exact) mass is 294 g/mol. The van der Waals surface area contributed by atoms with E-state index < -0.39 is 41.5 Å². The second kappa shape index (κ2) is 5.90. The van der Waals surface area contributed by atoms with Crippen LogP contribution in [0.15, 0.2) is 24.3 Å². The molecule has 1 aromatic carbocycles. The number of nitrogens with two attached hydrogens (primary N) is 1. The van der Waals surface area contributed by atoms with Crippen LogP contribution >= 0.6 is 0 Å². The molecule has 3 N–H and O–H groups in total. The molecule has 2 rings (SSSR count). The third-order valence-corrected chi connectivity index (χ3v) is 3.41. The van der Waals surface area contributed by atoms with Gasteiger partial charge in [0.15, 0.2) is 0 Å². The van der Waals surface area contributed by atoms with E-state index in [0.29, 0.717) is 12.0 Å². The molecule has 3 unspecified atom stereocenters. The van der Waals surface area contributed by atoms with Crippen LogP contribution in [0.5, 0.6) is 0 Å². The molecular weight excluding hydrogens is 279 g/mol. The van der Waals surface area contributed by atoms with E-state index in [9.17, 15) is 18.8 Å². The predicted octanol–water partition coefficient (Wildman–Crippen LogP) is 0.277. The standard InChI is InChI=1S/C14H15FN2O4/c1-21-14(20)10-6-9(10)13(19)17-11(12(16)18)7-2-4-8(15)5-3-7/h2-5,9-11H,6H2,1H3,(H2,16,18)(H,17,19). The Morgan fingerprint density at radius 2 is 1.90 bits per heavy atom. The number of esters is 1. The maximum atomic E-state index is 12.9. The van der Waals surface area contributed by atoms with E-state index in [1.807, 2.05) is 0 Å². The number of nitrogens with one attached hydrogen (secondary N) is 1. The Morgan fingerprint density at radius 1 is 1.29 bits per heavy atom. The highest BCUT2D eigenvalue weighted by Gasteiger charge is 2.49. The first-order chi connectivity index (χ1) is 9.93. The van der Waals surface area contributed by atoms with Crippen molar-refractivity contribution in [2.45, 2.75) is 12.5 Å². The highest BCUT2D eigenvalue weighted by atomic mass is 19.1. The molecule has 0 heterocycles. The minimum Gasteiger partial charge on any atom is -0.469 e. The number of methoxy groups -OCH3 is 1. The number of rotatable bonds is 5. The first-order valence-electron chi connectivity index (χ1n) is 6.37. The fourth-order valence-corrected chi connectivity index (χ4v) is 2.12. The number of hydrogen-bond acceptors (Lipinski definition) is 4. The lowest BCUT2D eigenvalue weighted by Crippen LogP contribution is -2.38. The van der Waals surface area contributed by atoms with Crippen molar-refractivity contribution in [1.29, 1.82) is 0 Å². The molecule has 21 heavy (non-hydrogen) atoms. The summed E-state index contributed by atoms with van der Waals surface area (Å²) in [5.74, 6) is -3.10. The van der Waals surface area contributed by atoms with Gasteiger partial charge in [-0.05, 0) is 24.1 Å². The summed E-state index contributed by atoms with van der Waals surface area (Å²) in [6.07, 6.45) is 0.382. The van der Waals surface area contributed by atoms with E-state index in [0.717, 1.165) is 0 Å². The second-order valence-electron chi connectivity index (χ2n) is 4.87. The van der Waals surface area contributed by atoms with Crippen LogP contribution in [-0.4, -0.2) is 24.9 Å². The third kappa shape index (κ3) is 3.36. The van der Waals surface area contributed by atoms with Gasteiger partial charge in [0.05, 0.1) is 18.9 Å². The van der Waals surface area contributed by atoms with E-state index in [-0.39, 0.29) is 0 Å². The lowest BCUT2D eigenvalue weighted by Gasteiger charge is -2.15. The summed E-state index contributed by atoms with van der Waals surface area (Å²) in [6, 6.07) is 4.03. The molecule has 7 heteroatoms. The Balaban J connectivity index is 2.04. The molecule has 1 aromatic rings. The summed E-state index contributed by atoms with van der Waals surface area (Å²) >= 11 is 0. The van der Waals surface area contributed by atoms with Gasteiger partial charge in [0, 0.05) is 0 Å². The fourth-order valence-electron chi connectivity index (χ4n) is 2.12. The van der Waals surface area contributed by atoms with Gasteiger partial charge < -0.3 is 15.8 Å². The molecule has 1 aliphatic carbocycles. The number of ether oxygens (including phenoxy) is 1. The summed E-state index contributed by atoms with van der Waals surface area (Å²) in [5.41, 5.74) is 5.64. The Morgan fingerprint density at radius 3 is 2.43 bits per heavy atom. The number of halogens is 1. The van der Waals surface area contributed by atoms with E-state index >= 15 is 0 Å². The van der Waals surface area contributed by atoms with E-state index in [1.165, 1.54) is 31.4 Å². The summed E-state index contributed by atoms with van der Waals surface area (Å²) in [4.78, 5) is 34.7. The molecule has 6 nitrogen and oxygen atoms in total. The van der Waals surface area contributed by atoms with Crippen LogP contribution in [0.1, 0.15) is 18.0 Å². The lowest BCUT2D eigenvalue weighted by molar-refractivity contribution is -0.143. The maximum Gasteiger partial charge on any atom is 0.309 e. The van der Waals surface area contributed by atoms with Gasteiger partial charge in [-0.25, -0.2) is 4.39 Å². The van der Waals surface area contributed by atoms with Crippen molar-refractivity contribution in [2.75, 3.05) is 7.11 Å². The molecule has 1 saturated carbocycles. The molecular formula is C14H15FN2O4. The molecule has 112 valence electrons. The van der Waals surface area contributed by atoms with Gasteiger partial charge in [-0.3, -0.25) is 14.4 Å². The quantitative estimate of drug-likeness (QED) is 0.762. The number of hydrogen-bond donors (Lipinski definition) is 2. The fraction of sp³-hybridized carbons (Fsp3) is 0.357. The molecule has 0 bridgehead atoms. The van der Waals surface area contributed by atoms with Crippen LogP contribution in [0.2, 0.25) is 0 Å². The highest BCUT2D eigenvalue weighted by Crippen LogP contribution is 2.39. The average Bonchev–Trinajstić information content (AvgIpc) is 3.25. The number of carbonyl (C=O) groups excluding carboxylic acids is 3. The molecule has 0 aromatic heterocycles. The maximum absolute atomic E-state index is 12.9. The van der Waals surface area contributed by atoms with Crippen molar-refractivity contribution in [2.24, 2.45) is 17.6 Å². The first-order valence-corrected chi connectivity index (χ1v) is 6.37. The molecule has 0 aliphatic heterocycles.